The van der Waals surface area contributed by atoms with Crippen LogP contribution in [0.1, 0.15) is 168 Å². The van der Waals surface area contributed by atoms with Crippen molar-refractivity contribution in [2.24, 2.45) is 0 Å². The van der Waals surface area contributed by atoms with Gasteiger partial charge in [0.15, 0.2) is 6.10 Å². The van der Waals surface area contributed by atoms with Crippen molar-refractivity contribution < 1.29 is 37.6 Å². The lowest BCUT2D eigenvalue weighted by Crippen LogP contribution is -2.29. The molecule has 0 bridgehead atoms. The largest absolute Gasteiger partial charge is 0.472 e. The molecule has 9 nitrogen and oxygen atoms in total. The van der Waals surface area contributed by atoms with Gasteiger partial charge < -0.3 is 19.3 Å². The zero-order chi connectivity index (χ0) is 41.9. The Morgan fingerprint density at radius 3 is 1.46 bits per heavy atom. The Morgan fingerprint density at radius 1 is 0.561 bits per heavy atom. The van der Waals surface area contributed by atoms with Crippen molar-refractivity contribution in [3.63, 3.8) is 0 Å². The van der Waals surface area contributed by atoms with Crippen molar-refractivity contribution in [2.75, 3.05) is 40.5 Å². The van der Waals surface area contributed by atoms with Gasteiger partial charge in [-0.1, -0.05) is 177 Å². The topological polar surface area (TPSA) is 112 Å². The highest BCUT2D eigenvalue weighted by Crippen LogP contribution is 2.43. The van der Waals surface area contributed by atoms with Gasteiger partial charge in [-0.15, -0.1) is 0 Å². The van der Waals surface area contributed by atoms with E-state index in [1.54, 1.807) is 0 Å². The second-order valence-electron chi connectivity index (χ2n) is 14.8. The average Bonchev–Trinajstić information content (AvgIpc) is 3.18. The molecule has 0 aromatic carbocycles. The summed E-state index contributed by atoms with van der Waals surface area (Å²) in [5, 5.41) is 0. The van der Waals surface area contributed by atoms with Gasteiger partial charge in [-0.05, 0) is 65.5 Å². The highest BCUT2D eigenvalue weighted by atomic mass is 31.2. The van der Waals surface area contributed by atoms with Crippen LogP contribution in [0.2, 0.25) is 0 Å². The van der Waals surface area contributed by atoms with Crippen molar-refractivity contribution in [1.29, 1.82) is 0 Å². The summed E-state index contributed by atoms with van der Waals surface area (Å²) in [6.45, 7) is 4.12. The molecule has 0 amide bonds. The molecule has 0 fully saturated rings. The molecule has 328 valence electrons. The molecule has 0 rings (SSSR count). The fourth-order valence-electron chi connectivity index (χ4n) is 5.65. The van der Waals surface area contributed by atoms with Crippen LogP contribution in [0.25, 0.3) is 0 Å². The van der Waals surface area contributed by atoms with Crippen LogP contribution in [0.15, 0.2) is 72.9 Å². The minimum Gasteiger partial charge on any atom is -0.462 e. The molecule has 10 heteroatoms. The maximum absolute atomic E-state index is 12.7. The van der Waals surface area contributed by atoms with Gasteiger partial charge in [0, 0.05) is 19.4 Å². The molecular weight excluding hydrogens is 737 g/mol. The lowest BCUT2D eigenvalue weighted by Gasteiger charge is -2.20. The molecule has 1 N–H and O–H groups in total. The van der Waals surface area contributed by atoms with Gasteiger partial charge in [-0.25, -0.2) is 4.57 Å². The third-order valence-corrected chi connectivity index (χ3v) is 10.0. The Kier molecular flexibility index (Phi) is 39.7. The zero-order valence-corrected chi connectivity index (χ0v) is 37.4. The maximum atomic E-state index is 12.7. The number of likely N-dealkylation sites (N-methyl/N-ethyl adjacent to an activating group) is 1. The van der Waals surface area contributed by atoms with Crippen LogP contribution in [0, 0.1) is 0 Å². The van der Waals surface area contributed by atoms with E-state index in [4.69, 9.17) is 18.5 Å². The molecule has 0 heterocycles. The van der Waals surface area contributed by atoms with Crippen LogP contribution < -0.4 is 0 Å². The van der Waals surface area contributed by atoms with E-state index in [-0.39, 0.29) is 26.1 Å². The van der Waals surface area contributed by atoms with E-state index in [9.17, 15) is 19.0 Å². The summed E-state index contributed by atoms with van der Waals surface area (Å²) in [5.74, 6) is -0.902. The minimum absolute atomic E-state index is 0.00594. The van der Waals surface area contributed by atoms with Crippen LogP contribution in [0.3, 0.4) is 0 Å². The van der Waals surface area contributed by atoms with Gasteiger partial charge in [-0.3, -0.25) is 18.6 Å². The molecule has 0 aromatic heterocycles. The summed E-state index contributed by atoms with van der Waals surface area (Å²) in [4.78, 5) is 37.0. The first-order valence-corrected chi connectivity index (χ1v) is 23.7. The van der Waals surface area contributed by atoms with E-state index >= 15 is 0 Å². The summed E-state index contributed by atoms with van der Waals surface area (Å²) >= 11 is 0. The first kappa shape index (κ1) is 54.5. The fourth-order valence-corrected chi connectivity index (χ4v) is 6.40. The summed E-state index contributed by atoms with van der Waals surface area (Å²) in [5.41, 5.74) is 0. The third-order valence-electron chi connectivity index (χ3n) is 9.04. The lowest BCUT2D eigenvalue weighted by molar-refractivity contribution is -0.161. The van der Waals surface area contributed by atoms with Crippen LogP contribution in [-0.2, 0) is 32.7 Å². The van der Waals surface area contributed by atoms with E-state index in [0.717, 1.165) is 57.8 Å². The molecule has 57 heavy (non-hydrogen) atoms. The number of hydrogen-bond acceptors (Lipinski definition) is 8. The van der Waals surface area contributed by atoms with E-state index < -0.39 is 32.5 Å². The number of nitrogens with zero attached hydrogens (tertiary/aromatic N) is 1. The molecule has 0 spiro atoms. The Bertz CT molecular complexity index is 1180. The summed E-state index contributed by atoms with van der Waals surface area (Å²) < 4.78 is 33.4. The second-order valence-corrected chi connectivity index (χ2v) is 16.3. The molecule has 0 aliphatic heterocycles. The van der Waals surface area contributed by atoms with E-state index in [0.29, 0.717) is 19.4 Å². The number of hydrogen-bond donors (Lipinski definition) is 1. The van der Waals surface area contributed by atoms with Gasteiger partial charge >= 0.3 is 19.8 Å². The van der Waals surface area contributed by atoms with E-state index in [2.05, 4.69) is 74.6 Å². The number of phosphoric acid groups is 1. The smallest absolute Gasteiger partial charge is 0.462 e. The number of phosphoric ester groups is 1. The highest BCUT2D eigenvalue weighted by molar-refractivity contribution is 7.47. The fraction of sp³-hybridized carbons (Fsp3) is 0.702. The number of unbranched alkanes of at least 4 members (excludes halogenated alkanes) is 14. The van der Waals surface area contributed by atoms with Crippen LogP contribution in [-0.4, -0.2) is 68.3 Å². The normalized spacial score (nSPS) is 14.1. The van der Waals surface area contributed by atoms with Crippen LogP contribution in [0.4, 0.5) is 0 Å². The van der Waals surface area contributed by atoms with Crippen molar-refractivity contribution in [3.05, 3.63) is 72.9 Å². The Labute approximate surface area is 348 Å². The number of carbonyl (C=O) groups excluding carboxylic acids is 2. The predicted octanol–water partition coefficient (Wildman–Crippen LogP) is 12.9. The van der Waals surface area contributed by atoms with Crippen LogP contribution in [0.5, 0.6) is 0 Å². The number of esters is 2. The summed E-state index contributed by atoms with van der Waals surface area (Å²) in [6, 6.07) is 0. The monoisotopic (exact) mass is 820 g/mol. The second kappa shape index (κ2) is 41.6. The van der Waals surface area contributed by atoms with Gasteiger partial charge in [-0.2, -0.15) is 0 Å². The summed E-state index contributed by atoms with van der Waals surface area (Å²) in [6.07, 6.45) is 49.6. The molecular formula is C47H82NO8P. The van der Waals surface area contributed by atoms with E-state index in [1.807, 2.05) is 31.1 Å². The Hall–Kier alpha value is -2.55. The van der Waals surface area contributed by atoms with Crippen molar-refractivity contribution in [1.82, 2.24) is 4.90 Å². The molecule has 0 aromatic rings. The molecule has 2 unspecified atom stereocenters. The number of allylic oxidation sites excluding steroid dienone is 12. The number of rotatable bonds is 40. The van der Waals surface area contributed by atoms with Crippen molar-refractivity contribution in [3.8, 4) is 0 Å². The molecule has 0 aliphatic rings. The van der Waals surface area contributed by atoms with Gasteiger partial charge in [0.2, 0.25) is 0 Å². The molecule has 2 atom stereocenters. The quantitative estimate of drug-likeness (QED) is 0.0279. The Morgan fingerprint density at radius 2 is 1.00 bits per heavy atom. The van der Waals surface area contributed by atoms with Crippen molar-refractivity contribution in [2.45, 2.75) is 174 Å². The highest BCUT2D eigenvalue weighted by Gasteiger charge is 2.26. The predicted molar refractivity (Wildman–Crippen MR) is 238 cm³/mol. The molecule has 0 radical (unpaired) electrons. The minimum atomic E-state index is -4.38. The van der Waals surface area contributed by atoms with E-state index in [1.165, 1.54) is 70.6 Å². The Balaban J connectivity index is 4.40. The summed E-state index contributed by atoms with van der Waals surface area (Å²) in [7, 11) is -0.747. The SMILES string of the molecule is CC/C=C\C/C=C\C/C=C\C/C=C\C/C=C\C/C=C\CCC(=O)OCC(COP(=O)(O)OCCN(C)C)OC(=O)CCCCCCCCCCCCCCCCC. The molecule has 0 aliphatic carbocycles. The van der Waals surface area contributed by atoms with Crippen molar-refractivity contribution >= 4 is 19.8 Å². The molecule has 0 saturated carbocycles. The standard InChI is InChI=1S/C47H82NO8P/c1-5-7-9-11-13-15-17-19-21-22-23-24-26-27-29-31-33-35-37-39-46(49)53-43-45(44-55-57(51,52)54-42-41-48(3)4)56-47(50)40-38-36-34-32-30-28-25-20-18-16-14-12-10-8-6-2/h7,9,13,15,19,21,23-24,27,29,33,35,45H,5-6,8,10-12,14,16-18,20,22,25-26,28,30-32,34,36-44H2,1-4H3,(H,51,52)/b9-7-,15-13-,21-19-,24-23-,29-27-,35-33-. The average molecular weight is 820 g/mol. The number of ether oxygens (including phenoxy) is 2. The van der Waals surface area contributed by atoms with Gasteiger partial charge in [0.25, 0.3) is 0 Å². The zero-order valence-electron chi connectivity index (χ0n) is 36.5. The maximum Gasteiger partial charge on any atom is 0.472 e. The van der Waals surface area contributed by atoms with Crippen LogP contribution >= 0.6 is 7.82 Å². The number of carbonyl (C=O) groups is 2. The van der Waals surface area contributed by atoms with Gasteiger partial charge in [0.1, 0.15) is 6.61 Å². The van der Waals surface area contributed by atoms with Gasteiger partial charge in [0.05, 0.1) is 13.2 Å². The third kappa shape index (κ3) is 42.9. The first-order chi connectivity index (χ1) is 27.7. The first-order valence-electron chi connectivity index (χ1n) is 22.2. The lowest BCUT2D eigenvalue weighted by atomic mass is 10.0. The molecule has 0 saturated heterocycles.